The van der Waals surface area contributed by atoms with Crippen LogP contribution in [0.25, 0.3) is 10.4 Å². The molecule has 0 N–H and O–H groups in total. The van der Waals surface area contributed by atoms with E-state index in [-0.39, 0.29) is 5.78 Å². The number of hydrogen-bond acceptors (Lipinski definition) is 2. The van der Waals surface area contributed by atoms with Gasteiger partial charge in [0.05, 0.1) is 0 Å². The van der Waals surface area contributed by atoms with Gasteiger partial charge in [0.15, 0.2) is 0 Å². The molecule has 0 aliphatic heterocycles. The first kappa shape index (κ1) is 12.4. The van der Waals surface area contributed by atoms with Crippen molar-refractivity contribution in [1.29, 1.82) is 0 Å². The highest BCUT2D eigenvalue weighted by Crippen LogP contribution is 2.13. The van der Waals surface area contributed by atoms with Gasteiger partial charge in [0.2, 0.25) is 5.78 Å². The third-order valence-corrected chi connectivity index (χ3v) is 2.38. The highest BCUT2D eigenvalue weighted by atomic mass is 16.1. The van der Waals surface area contributed by atoms with E-state index in [2.05, 4.69) is 21.9 Å². The van der Waals surface area contributed by atoms with Crippen molar-refractivity contribution in [2.24, 2.45) is 5.11 Å². The number of hydrogen-bond donors (Lipinski definition) is 0. The van der Waals surface area contributed by atoms with Crippen LogP contribution in [-0.4, -0.2) is 5.78 Å². The Morgan fingerprint density at radius 3 is 2.37 bits per heavy atom. The molecule has 0 aromatic heterocycles. The summed E-state index contributed by atoms with van der Waals surface area (Å²) in [5.74, 6) is 5.11. The maximum Gasteiger partial charge on any atom is 0.236 e. The number of carbonyl (C=O) groups is 1. The summed E-state index contributed by atoms with van der Waals surface area (Å²) < 4.78 is 0. The van der Waals surface area contributed by atoms with Crippen molar-refractivity contribution in [2.45, 2.75) is 0 Å². The molecule has 0 saturated heterocycles. The van der Waals surface area contributed by atoms with Gasteiger partial charge < -0.3 is 0 Å². The van der Waals surface area contributed by atoms with E-state index in [9.17, 15) is 4.79 Å². The molecule has 2 aromatic rings. The van der Waals surface area contributed by atoms with E-state index in [1.165, 1.54) is 0 Å². The lowest BCUT2D eigenvalue weighted by Crippen LogP contribution is -1.93. The van der Waals surface area contributed by atoms with Gasteiger partial charge >= 0.3 is 0 Å². The smallest absolute Gasteiger partial charge is 0.236 e. The quantitative estimate of drug-likeness (QED) is 0.261. The zero-order chi connectivity index (χ0) is 13.5. The number of rotatable bonds is 2. The highest BCUT2D eigenvalue weighted by Gasteiger charge is 2.01. The predicted octanol–water partition coefficient (Wildman–Crippen LogP) is 3.86. The summed E-state index contributed by atoms with van der Waals surface area (Å²) in [5, 5.41) is 3.43. The standard InChI is InChI=1S/C15H9N3O/c16-18-17-14-9-7-13(8-10-14)15(19)11-6-12-4-2-1-3-5-12/h1-5,7-10H. The molecule has 0 spiro atoms. The first-order valence-corrected chi connectivity index (χ1v) is 5.56. The van der Waals surface area contributed by atoms with Crippen LogP contribution in [0.2, 0.25) is 0 Å². The van der Waals surface area contributed by atoms with Crippen LogP contribution >= 0.6 is 0 Å². The van der Waals surface area contributed by atoms with Gasteiger partial charge in [-0.3, -0.25) is 4.79 Å². The summed E-state index contributed by atoms with van der Waals surface area (Å²) >= 11 is 0. The van der Waals surface area contributed by atoms with E-state index in [1.807, 2.05) is 30.3 Å². The Kier molecular flexibility index (Phi) is 3.97. The summed E-state index contributed by atoms with van der Waals surface area (Å²) in [4.78, 5) is 14.5. The minimum Gasteiger partial charge on any atom is -0.279 e. The molecule has 0 heterocycles. The van der Waals surface area contributed by atoms with Gasteiger partial charge in [-0.1, -0.05) is 41.4 Å². The van der Waals surface area contributed by atoms with Crippen LogP contribution in [-0.2, 0) is 0 Å². The molecule has 0 atom stereocenters. The van der Waals surface area contributed by atoms with Gasteiger partial charge in [0, 0.05) is 21.7 Å². The molecule has 19 heavy (non-hydrogen) atoms. The molecule has 0 unspecified atom stereocenters. The monoisotopic (exact) mass is 247 g/mol. The number of nitrogens with zero attached hydrogens (tertiary/aromatic N) is 3. The van der Waals surface area contributed by atoms with Crippen molar-refractivity contribution in [3.8, 4) is 11.8 Å². The van der Waals surface area contributed by atoms with Gasteiger partial charge in [-0.05, 0) is 35.7 Å². The Bertz CT molecular complexity index is 688. The van der Waals surface area contributed by atoms with Crippen LogP contribution in [0.4, 0.5) is 5.69 Å². The van der Waals surface area contributed by atoms with Crippen molar-refractivity contribution in [2.75, 3.05) is 0 Å². The molecule has 0 aliphatic rings. The van der Waals surface area contributed by atoms with E-state index in [0.717, 1.165) is 5.56 Å². The van der Waals surface area contributed by atoms with Crippen LogP contribution in [0.5, 0.6) is 0 Å². The Balaban J connectivity index is 2.17. The van der Waals surface area contributed by atoms with Crippen molar-refractivity contribution in [3.05, 3.63) is 76.2 Å². The molecule has 90 valence electrons. The molecule has 0 aliphatic carbocycles. The number of benzene rings is 2. The topological polar surface area (TPSA) is 65.8 Å². The number of azide groups is 1. The van der Waals surface area contributed by atoms with Crippen molar-refractivity contribution in [3.63, 3.8) is 0 Å². The maximum atomic E-state index is 11.8. The SMILES string of the molecule is [N-]=[N+]=Nc1ccc(C(=O)C#Cc2ccccc2)cc1. The summed E-state index contributed by atoms with van der Waals surface area (Å²) in [6.45, 7) is 0. The van der Waals surface area contributed by atoms with Gasteiger partial charge in [-0.2, -0.15) is 0 Å². The lowest BCUT2D eigenvalue weighted by atomic mass is 10.1. The minimum atomic E-state index is -0.267. The van der Waals surface area contributed by atoms with Crippen LogP contribution in [0.1, 0.15) is 15.9 Å². The lowest BCUT2D eigenvalue weighted by molar-refractivity contribution is 0.105. The molecule has 0 saturated carbocycles. The fourth-order valence-electron chi connectivity index (χ4n) is 1.45. The van der Waals surface area contributed by atoms with Crippen LogP contribution < -0.4 is 0 Å². The third kappa shape index (κ3) is 3.47. The van der Waals surface area contributed by atoms with E-state index in [4.69, 9.17) is 5.53 Å². The summed E-state index contributed by atoms with van der Waals surface area (Å²) in [6.07, 6.45) is 0. The van der Waals surface area contributed by atoms with Gasteiger partial charge in [0.1, 0.15) is 0 Å². The van der Waals surface area contributed by atoms with E-state index in [0.29, 0.717) is 11.3 Å². The van der Waals surface area contributed by atoms with E-state index < -0.39 is 0 Å². The molecule has 0 amide bonds. The second-order valence-corrected chi connectivity index (χ2v) is 3.68. The normalized spacial score (nSPS) is 8.84. The molecule has 0 bridgehead atoms. The second-order valence-electron chi connectivity index (χ2n) is 3.68. The summed E-state index contributed by atoms with van der Waals surface area (Å²) in [5.41, 5.74) is 10.0. The molecule has 4 nitrogen and oxygen atoms in total. The summed E-state index contributed by atoms with van der Waals surface area (Å²) in [6, 6.07) is 15.6. The van der Waals surface area contributed by atoms with Gasteiger partial charge in [-0.15, -0.1) is 0 Å². The molecule has 0 radical (unpaired) electrons. The third-order valence-electron chi connectivity index (χ3n) is 2.38. The first-order valence-electron chi connectivity index (χ1n) is 5.56. The molecular formula is C15H9N3O. The molecular weight excluding hydrogens is 238 g/mol. The van der Waals surface area contributed by atoms with Crippen molar-refractivity contribution in [1.82, 2.24) is 0 Å². The summed E-state index contributed by atoms with van der Waals surface area (Å²) in [7, 11) is 0. The van der Waals surface area contributed by atoms with Gasteiger partial charge in [-0.25, -0.2) is 0 Å². The zero-order valence-corrected chi connectivity index (χ0v) is 9.95. The highest BCUT2D eigenvalue weighted by molar-refractivity contribution is 6.09. The van der Waals surface area contributed by atoms with Crippen molar-refractivity contribution >= 4 is 11.5 Å². The molecule has 2 rings (SSSR count). The van der Waals surface area contributed by atoms with Crippen LogP contribution in [0.15, 0.2) is 59.7 Å². The van der Waals surface area contributed by atoms with Crippen molar-refractivity contribution < 1.29 is 4.79 Å². The van der Waals surface area contributed by atoms with Crippen LogP contribution in [0, 0.1) is 11.8 Å². The van der Waals surface area contributed by atoms with E-state index >= 15 is 0 Å². The fraction of sp³-hybridized carbons (Fsp3) is 0. The Labute approximate surface area is 110 Å². The average Bonchev–Trinajstić information content (AvgIpc) is 2.47. The van der Waals surface area contributed by atoms with Crippen LogP contribution in [0.3, 0.4) is 0 Å². The fourth-order valence-corrected chi connectivity index (χ4v) is 1.45. The molecule has 0 fully saturated rings. The molecule has 2 aromatic carbocycles. The number of ketones is 1. The van der Waals surface area contributed by atoms with Gasteiger partial charge in [0.25, 0.3) is 0 Å². The number of Topliss-reactive ketones (excluding diaryl/α,β-unsaturated/α-hetero) is 1. The number of carbonyl (C=O) groups excluding carboxylic acids is 1. The predicted molar refractivity (Wildman–Crippen MR) is 72.9 cm³/mol. The maximum absolute atomic E-state index is 11.8. The Morgan fingerprint density at radius 1 is 1.05 bits per heavy atom. The Morgan fingerprint density at radius 2 is 1.74 bits per heavy atom. The average molecular weight is 247 g/mol. The lowest BCUT2D eigenvalue weighted by Gasteiger charge is -1.94. The largest absolute Gasteiger partial charge is 0.279 e. The second kappa shape index (κ2) is 6.06. The minimum absolute atomic E-state index is 0.267. The van der Waals surface area contributed by atoms with E-state index in [1.54, 1.807) is 24.3 Å². The first-order chi connectivity index (χ1) is 9.29. The zero-order valence-electron chi connectivity index (χ0n) is 9.95. The Hall–Kier alpha value is -3.02. The molecule has 4 heteroatoms.